The second-order valence-corrected chi connectivity index (χ2v) is 9.17. The standard InChI is InChI=1S/C24H21N5O5S/c1-29-7-6-24(32,22(29)31)20-11-17(28-34-20)14-5-3-4-13(8-14)16-9-15(10-18(27-16)21(25)30)19-12-26-23(33-2)35-19/h3-5,8-12,32H,6-7H2,1-2H3,(H2,25,30)/t24-/m1/s1. The van der Waals surface area contributed by atoms with Crippen LogP contribution in [-0.4, -0.2) is 57.6 Å². The summed E-state index contributed by atoms with van der Waals surface area (Å²) >= 11 is 1.33. The number of likely N-dealkylation sites (N-methyl/N-ethyl adjacent to an activating group) is 1. The molecule has 35 heavy (non-hydrogen) atoms. The van der Waals surface area contributed by atoms with Gasteiger partial charge in [0.15, 0.2) is 5.76 Å². The minimum Gasteiger partial charge on any atom is -0.473 e. The number of amides is 2. The van der Waals surface area contributed by atoms with Crippen molar-refractivity contribution < 1.29 is 24.0 Å². The maximum Gasteiger partial charge on any atom is 0.273 e. The van der Waals surface area contributed by atoms with E-state index in [0.717, 1.165) is 10.4 Å². The van der Waals surface area contributed by atoms with Crippen LogP contribution < -0.4 is 10.5 Å². The number of carbonyl (C=O) groups excluding carboxylic acids is 2. The van der Waals surface area contributed by atoms with E-state index < -0.39 is 17.4 Å². The Labute approximate surface area is 204 Å². The lowest BCUT2D eigenvalue weighted by Crippen LogP contribution is -2.35. The third-order valence-corrected chi connectivity index (χ3v) is 6.91. The molecule has 1 aliphatic rings. The van der Waals surface area contributed by atoms with Gasteiger partial charge in [0.1, 0.15) is 11.4 Å². The van der Waals surface area contributed by atoms with Crippen LogP contribution in [0.15, 0.2) is 53.2 Å². The summed E-state index contributed by atoms with van der Waals surface area (Å²) in [5.41, 5.74) is 7.04. The minimum absolute atomic E-state index is 0.0996. The average Bonchev–Trinajstić information content (AvgIpc) is 3.61. The van der Waals surface area contributed by atoms with Crippen LogP contribution in [0.1, 0.15) is 22.7 Å². The Morgan fingerprint density at radius 3 is 2.63 bits per heavy atom. The fourth-order valence-corrected chi connectivity index (χ4v) is 4.68. The molecule has 0 aliphatic carbocycles. The molecule has 1 atom stereocenters. The number of aliphatic hydroxyl groups is 1. The van der Waals surface area contributed by atoms with Gasteiger partial charge < -0.3 is 25.0 Å². The molecule has 1 saturated heterocycles. The minimum atomic E-state index is -1.72. The molecule has 0 saturated carbocycles. The summed E-state index contributed by atoms with van der Waals surface area (Å²) in [7, 11) is 3.17. The summed E-state index contributed by atoms with van der Waals surface area (Å²) in [6.45, 7) is 0.427. The van der Waals surface area contributed by atoms with E-state index in [2.05, 4.69) is 15.1 Å². The van der Waals surface area contributed by atoms with E-state index in [-0.39, 0.29) is 17.9 Å². The second-order valence-electron chi connectivity index (χ2n) is 8.18. The molecule has 3 aromatic heterocycles. The number of nitrogens with zero attached hydrogens (tertiary/aromatic N) is 4. The molecule has 10 nitrogen and oxygen atoms in total. The molecule has 0 bridgehead atoms. The first-order valence-electron chi connectivity index (χ1n) is 10.7. The van der Waals surface area contributed by atoms with Crippen LogP contribution in [0.3, 0.4) is 0 Å². The van der Waals surface area contributed by atoms with Crippen LogP contribution in [0.2, 0.25) is 0 Å². The number of nitrogens with two attached hydrogens (primary N) is 1. The van der Waals surface area contributed by atoms with E-state index in [1.54, 1.807) is 25.4 Å². The number of primary amides is 1. The molecule has 178 valence electrons. The molecule has 1 aromatic carbocycles. The lowest BCUT2D eigenvalue weighted by molar-refractivity contribution is -0.144. The van der Waals surface area contributed by atoms with E-state index in [1.807, 2.05) is 30.3 Å². The average molecular weight is 492 g/mol. The number of pyridine rings is 1. The fraction of sp³-hybridized carbons (Fsp3) is 0.208. The van der Waals surface area contributed by atoms with Gasteiger partial charge in [0.05, 0.1) is 17.7 Å². The van der Waals surface area contributed by atoms with E-state index in [1.165, 1.54) is 23.3 Å². The lowest BCUT2D eigenvalue weighted by Gasteiger charge is -2.16. The Bertz CT molecular complexity index is 1450. The summed E-state index contributed by atoms with van der Waals surface area (Å²) < 4.78 is 10.5. The van der Waals surface area contributed by atoms with Gasteiger partial charge >= 0.3 is 0 Å². The Morgan fingerprint density at radius 1 is 1.20 bits per heavy atom. The van der Waals surface area contributed by atoms with Gasteiger partial charge in [0.25, 0.3) is 17.0 Å². The summed E-state index contributed by atoms with van der Waals surface area (Å²) in [6, 6.07) is 12.3. The molecule has 5 rings (SSSR count). The first-order chi connectivity index (χ1) is 16.8. The van der Waals surface area contributed by atoms with Crippen molar-refractivity contribution in [2.45, 2.75) is 12.0 Å². The SMILES string of the molecule is COc1ncc(-c2cc(C(N)=O)nc(-c3cccc(-c4cc([C@]5(O)CCN(C)C5=O)on4)c3)c2)s1. The van der Waals surface area contributed by atoms with E-state index >= 15 is 0 Å². The monoisotopic (exact) mass is 491 g/mol. The zero-order valence-corrected chi connectivity index (χ0v) is 19.7. The van der Waals surface area contributed by atoms with Crippen LogP contribution in [0, 0.1) is 0 Å². The predicted molar refractivity (Wildman–Crippen MR) is 127 cm³/mol. The normalized spacial score (nSPS) is 17.7. The van der Waals surface area contributed by atoms with E-state index in [9.17, 15) is 14.7 Å². The maximum atomic E-state index is 12.4. The Balaban J connectivity index is 1.53. The van der Waals surface area contributed by atoms with Crippen molar-refractivity contribution in [3.05, 3.63) is 60.1 Å². The first kappa shape index (κ1) is 22.7. The van der Waals surface area contributed by atoms with Gasteiger partial charge in [-0.1, -0.05) is 34.7 Å². The number of carbonyl (C=O) groups is 2. The number of thiazole rings is 1. The number of aromatic nitrogens is 3. The Hall–Kier alpha value is -4.09. The molecule has 3 N–H and O–H groups in total. The van der Waals surface area contributed by atoms with Crippen molar-refractivity contribution in [1.82, 2.24) is 20.0 Å². The number of methoxy groups -OCH3 is 1. The van der Waals surface area contributed by atoms with Gasteiger partial charge in [0.2, 0.25) is 5.60 Å². The van der Waals surface area contributed by atoms with Crippen LogP contribution in [0.5, 0.6) is 5.19 Å². The third kappa shape index (κ3) is 4.04. The highest BCUT2D eigenvalue weighted by molar-refractivity contribution is 7.16. The maximum absolute atomic E-state index is 12.4. The number of likely N-dealkylation sites (tertiary alicyclic amines) is 1. The van der Waals surface area contributed by atoms with E-state index in [4.69, 9.17) is 15.0 Å². The van der Waals surface area contributed by atoms with Gasteiger partial charge in [-0.2, -0.15) is 0 Å². The molecule has 1 fully saturated rings. The molecule has 0 radical (unpaired) electrons. The van der Waals surface area contributed by atoms with Crippen molar-refractivity contribution in [2.75, 3.05) is 20.7 Å². The summed E-state index contributed by atoms with van der Waals surface area (Å²) in [5, 5.41) is 15.4. The topological polar surface area (TPSA) is 145 Å². The number of ether oxygens (including phenoxy) is 1. The van der Waals surface area contributed by atoms with Crippen molar-refractivity contribution in [1.29, 1.82) is 0 Å². The molecule has 11 heteroatoms. The predicted octanol–water partition coefficient (Wildman–Crippen LogP) is 2.68. The third-order valence-electron chi connectivity index (χ3n) is 5.90. The molecule has 0 spiro atoms. The van der Waals surface area contributed by atoms with Gasteiger partial charge in [-0.25, -0.2) is 9.97 Å². The van der Waals surface area contributed by atoms with Crippen molar-refractivity contribution in [3.8, 4) is 38.1 Å². The number of hydrogen-bond donors (Lipinski definition) is 2. The smallest absolute Gasteiger partial charge is 0.273 e. The molecule has 1 aliphatic heterocycles. The number of rotatable bonds is 6. The van der Waals surface area contributed by atoms with Gasteiger partial charge in [0, 0.05) is 43.4 Å². The largest absolute Gasteiger partial charge is 0.473 e. The van der Waals surface area contributed by atoms with Crippen LogP contribution in [0.25, 0.3) is 33.0 Å². The van der Waals surface area contributed by atoms with E-state index in [0.29, 0.717) is 34.3 Å². The molecular formula is C24H21N5O5S. The second kappa shape index (κ2) is 8.60. The van der Waals surface area contributed by atoms with Gasteiger partial charge in [-0.15, -0.1) is 0 Å². The summed E-state index contributed by atoms with van der Waals surface area (Å²) in [5.74, 6) is -0.975. The molecule has 0 unspecified atom stereocenters. The van der Waals surface area contributed by atoms with Crippen LogP contribution in [-0.2, 0) is 10.4 Å². The van der Waals surface area contributed by atoms with Crippen LogP contribution in [0.4, 0.5) is 0 Å². The van der Waals surface area contributed by atoms with Crippen molar-refractivity contribution in [2.24, 2.45) is 5.73 Å². The quantitative estimate of drug-likeness (QED) is 0.419. The fourth-order valence-electron chi connectivity index (χ4n) is 3.96. The number of benzene rings is 1. The van der Waals surface area contributed by atoms with Crippen molar-refractivity contribution in [3.63, 3.8) is 0 Å². The Kier molecular flexibility index (Phi) is 5.58. The summed E-state index contributed by atoms with van der Waals surface area (Å²) in [6.07, 6.45) is 1.89. The van der Waals surface area contributed by atoms with Gasteiger partial charge in [-0.3, -0.25) is 9.59 Å². The molecule has 2 amide bonds. The molecular weight excluding hydrogens is 470 g/mol. The van der Waals surface area contributed by atoms with Crippen LogP contribution >= 0.6 is 11.3 Å². The van der Waals surface area contributed by atoms with Gasteiger partial charge in [-0.05, 0) is 23.8 Å². The zero-order valence-electron chi connectivity index (χ0n) is 18.9. The number of hydrogen-bond acceptors (Lipinski definition) is 9. The highest BCUT2D eigenvalue weighted by atomic mass is 32.1. The molecule has 4 heterocycles. The van der Waals surface area contributed by atoms with Crippen molar-refractivity contribution >= 4 is 23.2 Å². The lowest BCUT2D eigenvalue weighted by atomic mass is 9.97. The Morgan fingerprint density at radius 2 is 1.97 bits per heavy atom. The molecule has 4 aromatic rings. The highest BCUT2D eigenvalue weighted by Crippen LogP contribution is 2.36. The first-order valence-corrected chi connectivity index (χ1v) is 11.5. The highest BCUT2D eigenvalue weighted by Gasteiger charge is 2.48. The zero-order chi connectivity index (χ0) is 24.7. The summed E-state index contributed by atoms with van der Waals surface area (Å²) in [4.78, 5) is 35.2.